The van der Waals surface area contributed by atoms with E-state index in [0.717, 1.165) is 17.3 Å². The van der Waals surface area contributed by atoms with Gasteiger partial charge in [0.2, 0.25) is 0 Å². The number of esters is 1. The molecule has 1 aromatic rings. The number of hydrogen-bond donors (Lipinski definition) is 0. The zero-order chi connectivity index (χ0) is 12.9. The smallest absolute Gasteiger partial charge is 0.338 e. The predicted octanol–water partition coefficient (Wildman–Crippen LogP) is -1.63. The summed E-state index contributed by atoms with van der Waals surface area (Å²) in [4.78, 5) is 22.1. The second kappa shape index (κ2) is 7.48. The summed E-state index contributed by atoms with van der Waals surface area (Å²) in [6.45, 7) is 1.15. The van der Waals surface area contributed by atoms with Gasteiger partial charge in [0.25, 0.3) is 0 Å². The van der Waals surface area contributed by atoms with Crippen LogP contribution < -0.4 is 24.0 Å². The first-order chi connectivity index (χ1) is 7.92. The summed E-state index contributed by atoms with van der Waals surface area (Å²) in [6, 6.07) is 6.39. The van der Waals surface area contributed by atoms with E-state index in [1.807, 2.05) is 21.1 Å². The van der Waals surface area contributed by atoms with Gasteiger partial charge in [-0.3, -0.25) is 4.79 Å². The number of quaternary nitrogens is 1. The Morgan fingerprint density at radius 3 is 2.22 bits per heavy atom. The second-order valence-electron chi connectivity index (χ2n) is 4.89. The van der Waals surface area contributed by atoms with Gasteiger partial charge >= 0.3 is 5.97 Å². The molecule has 18 heavy (non-hydrogen) atoms. The molecule has 0 aromatic heterocycles. The lowest BCUT2D eigenvalue weighted by molar-refractivity contribution is -0.870. The fourth-order valence-corrected chi connectivity index (χ4v) is 1.19. The molecular formula is C13H18INO3. The summed E-state index contributed by atoms with van der Waals surface area (Å²) in [5.74, 6) is -0.351. The molecular weight excluding hydrogens is 345 g/mol. The summed E-state index contributed by atoms with van der Waals surface area (Å²) >= 11 is 0. The molecule has 5 heteroatoms. The molecule has 0 aliphatic carbocycles. The molecule has 0 radical (unpaired) electrons. The summed E-state index contributed by atoms with van der Waals surface area (Å²) in [6.07, 6.45) is 0.742. The minimum atomic E-state index is -0.351. The van der Waals surface area contributed by atoms with Crippen LogP contribution >= 0.6 is 0 Å². The first-order valence-electron chi connectivity index (χ1n) is 5.45. The van der Waals surface area contributed by atoms with Crippen LogP contribution in [0, 0.1) is 0 Å². The van der Waals surface area contributed by atoms with Crippen LogP contribution in [0.3, 0.4) is 0 Å². The van der Waals surface area contributed by atoms with Crippen LogP contribution in [0.2, 0.25) is 0 Å². The predicted molar refractivity (Wildman–Crippen MR) is 65.0 cm³/mol. The fraction of sp³-hybridized carbons (Fsp3) is 0.385. The molecule has 0 fully saturated rings. The van der Waals surface area contributed by atoms with Crippen LogP contribution in [0.25, 0.3) is 0 Å². The number of carbonyl (C=O) groups excluding carboxylic acids is 2. The lowest BCUT2D eigenvalue weighted by Gasteiger charge is -2.23. The molecule has 0 amide bonds. The number of rotatable bonds is 5. The molecule has 1 aromatic carbocycles. The Balaban J connectivity index is 0.00000289. The summed E-state index contributed by atoms with van der Waals surface area (Å²) in [7, 11) is 6.10. The minimum Gasteiger partial charge on any atom is -1.00 e. The van der Waals surface area contributed by atoms with Crippen molar-refractivity contribution in [3.63, 3.8) is 0 Å². The zero-order valence-electron chi connectivity index (χ0n) is 10.9. The Morgan fingerprint density at radius 2 is 1.78 bits per heavy atom. The molecule has 1 rings (SSSR count). The Labute approximate surface area is 125 Å². The first kappa shape index (κ1) is 17.1. The molecule has 0 heterocycles. The molecule has 0 saturated heterocycles. The molecule has 0 aliphatic heterocycles. The van der Waals surface area contributed by atoms with Crippen molar-refractivity contribution in [1.29, 1.82) is 0 Å². The SMILES string of the molecule is C[N+](C)(C)CCOC(=O)c1ccc(C=O)cc1.[I-]. The van der Waals surface area contributed by atoms with Crippen molar-refractivity contribution in [3.8, 4) is 0 Å². The standard InChI is InChI=1S/C13H18NO3.HI/c1-14(2,3)8-9-17-13(16)12-6-4-11(10-15)5-7-12;/h4-7,10H,8-9H2,1-3H3;1H/q+1;/p-1. The maximum Gasteiger partial charge on any atom is 0.338 e. The van der Waals surface area contributed by atoms with Crippen molar-refractivity contribution in [3.05, 3.63) is 35.4 Å². The molecule has 0 N–H and O–H groups in total. The summed E-state index contributed by atoms with van der Waals surface area (Å²) < 4.78 is 5.88. The lowest BCUT2D eigenvalue weighted by atomic mass is 10.1. The number of carbonyl (C=O) groups is 2. The van der Waals surface area contributed by atoms with E-state index in [9.17, 15) is 9.59 Å². The second-order valence-corrected chi connectivity index (χ2v) is 4.89. The van der Waals surface area contributed by atoms with E-state index in [-0.39, 0.29) is 29.9 Å². The van der Waals surface area contributed by atoms with Crippen LogP contribution in [0.4, 0.5) is 0 Å². The van der Waals surface area contributed by atoms with E-state index in [2.05, 4.69) is 0 Å². The Hall–Kier alpha value is -0.950. The molecule has 0 unspecified atom stereocenters. The highest BCUT2D eigenvalue weighted by atomic mass is 127. The third kappa shape index (κ3) is 6.11. The van der Waals surface area contributed by atoms with Gasteiger partial charge in [0, 0.05) is 5.56 Å². The third-order valence-corrected chi connectivity index (χ3v) is 2.28. The van der Waals surface area contributed by atoms with Crippen LogP contribution in [-0.4, -0.2) is 51.0 Å². The first-order valence-corrected chi connectivity index (χ1v) is 5.45. The summed E-state index contributed by atoms with van der Waals surface area (Å²) in [5.41, 5.74) is 1.02. The van der Waals surface area contributed by atoms with Crippen molar-refractivity contribution in [2.45, 2.75) is 0 Å². The monoisotopic (exact) mass is 363 g/mol. The van der Waals surface area contributed by atoms with Gasteiger partial charge in [-0.2, -0.15) is 0 Å². The zero-order valence-corrected chi connectivity index (χ0v) is 13.0. The molecule has 100 valence electrons. The summed E-state index contributed by atoms with van der Waals surface area (Å²) in [5, 5.41) is 0. The van der Waals surface area contributed by atoms with E-state index in [1.165, 1.54) is 0 Å². The number of hydrogen-bond acceptors (Lipinski definition) is 3. The largest absolute Gasteiger partial charge is 1.00 e. The van der Waals surface area contributed by atoms with Gasteiger partial charge in [0.1, 0.15) is 19.4 Å². The highest BCUT2D eigenvalue weighted by molar-refractivity contribution is 5.90. The molecule has 0 atom stereocenters. The van der Waals surface area contributed by atoms with Crippen LogP contribution in [0.15, 0.2) is 24.3 Å². The number of nitrogens with zero attached hydrogens (tertiary/aromatic N) is 1. The number of likely N-dealkylation sites (N-methyl/N-ethyl adjacent to an activating group) is 1. The van der Waals surface area contributed by atoms with Gasteiger partial charge in [0.05, 0.1) is 26.7 Å². The van der Waals surface area contributed by atoms with E-state index in [0.29, 0.717) is 17.7 Å². The van der Waals surface area contributed by atoms with Crippen LogP contribution in [0.1, 0.15) is 20.7 Å². The van der Waals surface area contributed by atoms with Crippen molar-refractivity contribution < 1.29 is 42.8 Å². The van der Waals surface area contributed by atoms with Gasteiger partial charge in [-0.15, -0.1) is 0 Å². The Kier molecular flexibility index (Phi) is 7.08. The van der Waals surface area contributed by atoms with Gasteiger partial charge in [0.15, 0.2) is 0 Å². The highest BCUT2D eigenvalue weighted by Gasteiger charge is 2.10. The highest BCUT2D eigenvalue weighted by Crippen LogP contribution is 2.04. The van der Waals surface area contributed by atoms with E-state index >= 15 is 0 Å². The average Bonchev–Trinajstić information content (AvgIpc) is 2.27. The topological polar surface area (TPSA) is 43.4 Å². The van der Waals surface area contributed by atoms with E-state index in [1.54, 1.807) is 24.3 Å². The van der Waals surface area contributed by atoms with Crippen LogP contribution in [0.5, 0.6) is 0 Å². The number of halogens is 1. The molecule has 0 bridgehead atoms. The quantitative estimate of drug-likeness (QED) is 0.273. The van der Waals surface area contributed by atoms with Gasteiger partial charge < -0.3 is 33.2 Å². The number of benzene rings is 1. The van der Waals surface area contributed by atoms with Crippen LogP contribution in [-0.2, 0) is 4.74 Å². The minimum absolute atomic E-state index is 0. The number of ether oxygens (including phenoxy) is 1. The van der Waals surface area contributed by atoms with Crippen molar-refractivity contribution >= 4 is 12.3 Å². The molecule has 0 spiro atoms. The third-order valence-electron chi connectivity index (χ3n) is 2.28. The average molecular weight is 363 g/mol. The van der Waals surface area contributed by atoms with Crippen molar-refractivity contribution in [2.24, 2.45) is 0 Å². The number of aldehydes is 1. The van der Waals surface area contributed by atoms with Gasteiger partial charge in [-0.25, -0.2) is 4.79 Å². The lowest BCUT2D eigenvalue weighted by Crippen LogP contribution is -3.00. The fourth-order valence-electron chi connectivity index (χ4n) is 1.19. The Bertz CT molecular complexity index is 396. The molecule has 0 saturated carbocycles. The van der Waals surface area contributed by atoms with Gasteiger partial charge in [-0.1, -0.05) is 12.1 Å². The normalized spacial score (nSPS) is 10.4. The molecule has 4 nitrogen and oxygen atoms in total. The van der Waals surface area contributed by atoms with E-state index < -0.39 is 0 Å². The Morgan fingerprint density at radius 1 is 1.22 bits per heavy atom. The maximum absolute atomic E-state index is 11.6. The van der Waals surface area contributed by atoms with Gasteiger partial charge in [-0.05, 0) is 12.1 Å². The molecule has 0 aliphatic rings. The van der Waals surface area contributed by atoms with E-state index in [4.69, 9.17) is 4.74 Å². The van der Waals surface area contributed by atoms with Crippen molar-refractivity contribution in [1.82, 2.24) is 0 Å². The maximum atomic E-state index is 11.6. The van der Waals surface area contributed by atoms with Crippen molar-refractivity contribution in [2.75, 3.05) is 34.3 Å².